The predicted molar refractivity (Wildman–Crippen MR) is 184 cm³/mol. The molecule has 10 atom stereocenters. The Labute approximate surface area is 315 Å². The minimum absolute atomic E-state index is 0.0280. The summed E-state index contributed by atoms with van der Waals surface area (Å²) >= 11 is 0. The molecule has 3 aromatic heterocycles. The predicted octanol–water partition coefficient (Wildman–Crippen LogP) is -2.93. The zero-order valence-electron chi connectivity index (χ0n) is 29.2. The number of fused-ring (bicyclic) bond motifs is 1. The van der Waals surface area contributed by atoms with Crippen molar-refractivity contribution in [3.63, 3.8) is 0 Å². The number of aliphatic hydroxyl groups is 3. The molecule has 0 saturated carbocycles. The number of carbonyl (C=O) groups is 2. The standard InChI is InChI=1S/C28H39N9O17P2/c1-3-4-5-17(39)35(2)13(8-38)27(42)53-21-14(51-26(19(21)40)37-12-33-18-23(30)31-11-32-24(18)37)10-50-56(47,48)54-22-15(9-49-55(44,45)46)52-25(20(22)41)36-7-6-16(29)34-28(36)43/h3,6-7,11-15,19-22,25-26,38,40-41H,1,4-5,8-10H2,2H3,(H,47,48)(H2,29,34,43)(H2,30,31,32)(H2,44,45,46)/t13-,14?,15-,19?,20-,21?,22-,25-,26?/m1/s1. The number of likely N-dealkylation sites (N-methyl/N-ethyl adjacent to an activating group) is 1. The molecular weight excluding hydrogens is 796 g/mol. The van der Waals surface area contributed by atoms with Crippen molar-refractivity contribution in [3.8, 4) is 0 Å². The number of hydrogen-bond acceptors (Lipinski definition) is 20. The van der Waals surface area contributed by atoms with E-state index in [1.54, 1.807) is 0 Å². The molecule has 0 radical (unpaired) electrons. The summed E-state index contributed by atoms with van der Waals surface area (Å²) in [5.74, 6) is -1.98. The van der Waals surface area contributed by atoms with Crippen molar-refractivity contribution in [2.24, 2.45) is 0 Å². The SMILES string of the molecule is C=CCCC(=O)N(C)[C@H](CO)C(=O)OC1C(COP(=O)(O)O[C@H]2[C@@H](O)[C@H](n3ccc(N)nc3=O)O[C@@H]2COP(=O)(O)O)OC(n2cnc3c(N)ncnc32)C1O. The van der Waals surface area contributed by atoms with Gasteiger partial charge in [-0.1, -0.05) is 6.08 Å². The minimum atomic E-state index is -5.41. The Morgan fingerprint density at radius 2 is 1.68 bits per heavy atom. The average Bonchev–Trinajstić information content (AvgIpc) is 3.79. The molecule has 5 unspecified atom stereocenters. The molecule has 0 spiro atoms. The van der Waals surface area contributed by atoms with Crippen LogP contribution in [0, 0.1) is 0 Å². The van der Waals surface area contributed by atoms with Crippen LogP contribution in [0.2, 0.25) is 0 Å². The Balaban J connectivity index is 1.38. The van der Waals surface area contributed by atoms with E-state index < -0.39 is 108 Å². The lowest BCUT2D eigenvalue weighted by Crippen LogP contribution is -2.49. The van der Waals surface area contributed by atoms with Crippen LogP contribution in [0.15, 0.2) is 42.4 Å². The van der Waals surface area contributed by atoms with E-state index in [-0.39, 0.29) is 35.6 Å². The first kappa shape index (κ1) is 42.9. The van der Waals surface area contributed by atoms with Gasteiger partial charge >= 0.3 is 27.3 Å². The van der Waals surface area contributed by atoms with E-state index in [4.69, 9.17) is 34.7 Å². The Hall–Kier alpha value is -4.27. The number of nitrogens with zero attached hydrogens (tertiary/aromatic N) is 7. The molecule has 2 aliphatic rings. The number of allylic oxidation sites excluding steroid dienone is 1. The summed E-state index contributed by atoms with van der Waals surface area (Å²) in [6.45, 7) is 0.607. The fourth-order valence-corrected chi connectivity index (χ4v) is 7.09. The van der Waals surface area contributed by atoms with E-state index in [0.717, 1.165) is 28.1 Å². The number of aliphatic hydroxyl groups excluding tert-OH is 3. The molecule has 2 aliphatic heterocycles. The van der Waals surface area contributed by atoms with Crippen LogP contribution in [-0.4, -0.2) is 145 Å². The third kappa shape index (κ3) is 9.63. The van der Waals surface area contributed by atoms with Gasteiger partial charge in [0.2, 0.25) is 5.91 Å². The van der Waals surface area contributed by atoms with E-state index in [1.807, 2.05) is 0 Å². The van der Waals surface area contributed by atoms with E-state index in [1.165, 1.54) is 24.0 Å². The van der Waals surface area contributed by atoms with Crippen molar-refractivity contribution in [2.45, 2.75) is 68.0 Å². The first-order valence-corrected chi connectivity index (χ1v) is 19.4. The van der Waals surface area contributed by atoms with E-state index in [2.05, 4.69) is 31.0 Å². The maximum absolute atomic E-state index is 13.4. The minimum Gasteiger partial charge on any atom is -0.455 e. The van der Waals surface area contributed by atoms with E-state index in [0.29, 0.717) is 0 Å². The van der Waals surface area contributed by atoms with Crippen molar-refractivity contribution >= 4 is 50.3 Å². The summed E-state index contributed by atoms with van der Waals surface area (Å²) in [7, 11) is -9.34. The molecule has 26 nitrogen and oxygen atoms in total. The molecule has 5 rings (SSSR count). The van der Waals surface area contributed by atoms with Crippen LogP contribution >= 0.6 is 15.6 Å². The van der Waals surface area contributed by atoms with Gasteiger partial charge in [-0.2, -0.15) is 4.98 Å². The van der Waals surface area contributed by atoms with Crippen molar-refractivity contribution in [3.05, 3.63) is 48.1 Å². The Morgan fingerprint density at radius 1 is 1.04 bits per heavy atom. The van der Waals surface area contributed by atoms with Gasteiger partial charge in [0.05, 0.1) is 26.1 Å². The van der Waals surface area contributed by atoms with Crippen LogP contribution in [-0.2, 0) is 46.5 Å². The van der Waals surface area contributed by atoms with Gasteiger partial charge in [0, 0.05) is 19.7 Å². The number of phosphoric ester groups is 2. The molecule has 2 fully saturated rings. The Bertz CT molecular complexity index is 2070. The summed E-state index contributed by atoms with van der Waals surface area (Å²) in [4.78, 5) is 84.2. The Morgan fingerprint density at radius 3 is 2.32 bits per heavy atom. The van der Waals surface area contributed by atoms with Crippen LogP contribution in [0.1, 0.15) is 25.3 Å². The van der Waals surface area contributed by atoms with E-state index in [9.17, 15) is 53.5 Å². The van der Waals surface area contributed by atoms with Crippen LogP contribution in [0.5, 0.6) is 0 Å². The normalized spacial score (nSPS) is 26.8. The fourth-order valence-electron chi connectivity index (χ4n) is 5.78. The second-order valence-corrected chi connectivity index (χ2v) is 14.9. The maximum atomic E-state index is 13.4. The number of nitrogens with two attached hydrogens (primary N) is 2. The van der Waals surface area contributed by atoms with Gasteiger partial charge in [0.1, 0.15) is 48.2 Å². The summed E-state index contributed by atoms with van der Waals surface area (Å²) in [6, 6.07) is -0.406. The second-order valence-electron chi connectivity index (χ2n) is 12.3. The summed E-state index contributed by atoms with van der Waals surface area (Å²) < 4.78 is 58.6. The number of aromatic nitrogens is 6. The molecule has 0 aliphatic carbocycles. The van der Waals surface area contributed by atoms with E-state index >= 15 is 0 Å². The molecule has 3 aromatic rings. The highest BCUT2D eigenvalue weighted by atomic mass is 31.2. The number of carbonyl (C=O) groups excluding carboxylic acids is 2. The largest absolute Gasteiger partial charge is 0.472 e. The van der Waals surface area contributed by atoms with Gasteiger partial charge in [-0.15, -0.1) is 6.58 Å². The molecule has 0 aromatic carbocycles. The van der Waals surface area contributed by atoms with Crippen LogP contribution in [0.4, 0.5) is 11.6 Å². The van der Waals surface area contributed by atoms with Gasteiger partial charge in [-0.25, -0.2) is 33.7 Å². The lowest BCUT2D eigenvalue weighted by atomic mass is 10.1. The van der Waals surface area contributed by atoms with Crippen LogP contribution in [0.25, 0.3) is 11.2 Å². The van der Waals surface area contributed by atoms with Gasteiger partial charge in [0.25, 0.3) is 0 Å². The number of anilines is 2. The van der Waals surface area contributed by atoms with Crippen molar-refractivity contribution < 1.29 is 76.5 Å². The van der Waals surface area contributed by atoms with Crippen LogP contribution in [0.3, 0.4) is 0 Å². The fraction of sp³-hybridized carbons (Fsp3) is 0.536. The molecule has 5 heterocycles. The summed E-state index contributed by atoms with van der Waals surface area (Å²) in [6.07, 6.45) is -8.99. The zero-order chi connectivity index (χ0) is 41.1. The first-order valence-electron chi connectivity index (χ1n) is 16.3. The molecule has 10 N–H and O–H groups in total. The second kappa shape index (κ2) is 17.5. The van der Waals surface area contributed by atoms with Crippen LogP contribution < -0.4 is 17.2 Å². The van der Waals surface area contributed by atoms with Crippen molar-refractivity contribution in [1.29, 1.82) is 0 Å². The molecule has 0 bridgehead atoms. The third-order valence-corrected chi connectivity index (χ3v) is 10.1. The number of phosphoric acid groups is 2. The first-order chi connectivity index (χ1) is 26.4. The third-order valence-electron chi connectivity index (χ3n) is 8.59. The van der Waals surface area contributed by atoms with Gasteiger partial charge < -0.3 is 60.6 Å². The molecule has 2 saturated heterocycles. The number of imidazole rings is 1. The molecular formula is C28H39N9O17P2. The average molecular weight is 836 g/mol. The molecule has 56 heavy (non-hydrogen) atoms. The van der Waals surface area contributed by atoms with Gasteiger partial charge in [-0.3, -0.25) is 27.5 Å². The molecule has 28 heteroatoms. The number of hydrogen-bond donors (Lipinski definition) is 8. The highest BCUT2D eigenvalue weighted by Crippen LogP contribution is 2.50. The van der Waals surface area contributed by atoms with Gasteiger partial charge in [-0.05, 0) is 12.5 Å². The van der Waals surface area contributed by atoms with Crippen molar-refractivity contribution in [2.75, 3.05) is 38.3 Å². The topological polar surface area (TPSA) is 379 Å². The number of ether oxygens (including phenoxy) is 3. The lowest BCUT2D eigenvalue weighted by Gasteiger charge is -2.28. The smallest absolute Gasteiger partial charge is 0.455 e. The number of nitrogen functional groups attached to an aromatic ring is 2. The van der Waals surface area contributed by atoms with Gasteiger partial charge in [0.15, 0.2) is 36.1 Å². The maximum Gasteiger partial charge on any atom is 0.472 e. The number of amides is 1. The monoisotopic (exact) mass is 835 g/mol. The molecule has 308 valence electrons. The summed E-state index contributed by atoms with van der Waals surface area (Å²) in [5, 5.41) is 32.5. The number of rotatable bonds is 17. The number of esters is 1. The Kier molecular flexibility index (Phi) is 13.4. The molecule has 1 amide bonds. The quantitative estimate of drug-likeness (QED) is 0.0383. The lowest BCUT2D eigenvalue weighted by molar-refractivity contribution is -0.166. The van der Waals surface area contributed by atoms with Crippen molar-refractivity contribution in [1.82, 2.24) is 34.0 Å². The summed E-state index contributed by atoms with van der Waals surface area (Å²) in [5.41, 5.74) is 10.5. The zero-order valence-corrected chi connectivity index (χ0v) is 31.0. The highest BCUT2D eigenvalue weighted by Gasteiger charge is 2.52. The highest BCUT2D eigenvalue weighted by molar-refractivity contribution is 7.47.